The molecule has 5 heteroatoms. The van der Waals surface area contributed by atoms with Crippen LogP contribution in [0.2, 0.25) is 0 Å². The van der Waals surface area contributed by atoms with Crippen molar-refractivity contribution in [3.63, 3.8) is 0 Å². The van der Waals surface area contributed by atoms with Crippen molar-refractivity contribution in [2.75, 3.05) is 0 Å². The van der Waals surface area contributed by atoms with Crippen molar-refractivity contribution < 1.29 is 0 Å². The molecule has 0 radical (unpaired) electrons. The fraction of sp³-hybridized carbons (Fsp3) is 0.167. The number of aryl methyl sites for hydroxylation is 1. The number of imidazole rings is 1. The second-order valence-electron chi connectivity index (χ2n) is 2.23. The molecule has 2 aromatic heterocycles. The molecule has 0 unspecified atom stereocenters. The van der Waals surface area contributed by atoms with E-state index in [2.05, 4.69) is 32.6 Å². The molecule has 2 aromatic rings. The molecule has 1 N–H and O–H groups in total. The van der Waals surface area contributed by atoms with E-state index in [4.69, 9.17) is 0 Å². The van der Waals surface area contributed by atoms with Gasteiger partial charge in [0.2, 0.25) is 0 Å². The lowest BCUT2D eigenvalue weighted by Gasteiger charge is -1.86. The zero-order chi connectivity index (χ0) is 7.84. The summed E-state index contributed by atoms with van der Waals surface area (Å²) in [6.45, 7) is 1.87. The number of nitrogens with one attached hydrogen (secondary N) is 1. The average molecular weight is 166 g/mol. The Morgan fingerprint density at radius 3 is 3.09 bits per heavy atom. The van der Waals surface area contributed by atoms with Gasteiger partial charge >= 0.3 is 0 Å². The standard InChI is InChI=1S/C6H6N4S/c1-3-8-4-2-7-6(11)10-5(4)9-3/h2H,1H3,(H2,7,8,9,10,11). The lowest BCUT2D eigenvalue weighted by Crippen LogP contribution is -1.82. The first-order chi connectivity index (χ1) is 5.25. The second-order valence-corrected chi connectivity index (χ2v) is 2.63. The van der Waals surface area contributed by atoms with Crippen LogP contribution in [-0.4, -0.2) is 19.9 Å². The van der Waals surface area contributed by atoms with Crippen LogP contribution in [0.4, 0.5) is 0 Å². The van der Waals surface area contributed by atoms with E-state index in [0.717, 1.165) is 11.3 Å². The van der Waals surface area contributed by atoms with E-state index in [1.54, 1.807) is 6.20 Å². The third-order valence-electron chi connectivity index (χ3n) is 1.35. The third-order valence-corrected chi connectivity index (χ3v) is 1.56. The van der Waals surface area contributed by atoms with Gasteiger partial charge in [-0.2, -0.15) is 0 Å². The first kappa shape index (κ1) is 6.60. The zero-order valence-electron chi connectivity index (χ0n) is 5.87. The summed E-state index contributed by atoms with van der Waals surface area (Å²) in [5.41, 5.74) is 1.52. The maximum Gasteiger partial charge on any atom is 0.186 e. The Hall–Kier alpha value is -1.10. The summed E-state index contributed by atoms with van der Waals surface area (Å²) in [4.78, 5) is 15.0. The predicted molar refractivity (Wildman–Crippen MR) is 43.7 cm³/mol. The zero-order valence-corrected chi connectivity index (χ0v) is 6.76. The third kappa shape index (κ3) is 1.07. The molecular formula is C6H6N4S. The van der Waals surface area contributed by atoms with Crippen LogP contribution in [0.1, 0.15) is 5.82 Å². The molecule has 0 spiro atoms. The predicted octanol–water partition coefficient (Wildman–Crippen LogP) is 0.950. The highest BCUT2D eigenvalue weighted by molar-refractivity contribution is 7.80. The van der Waals surface area contributed by atoms with Crippen LogP contribution in [0.3, 0.4) is 0 Å². The van der Waals surface area contributed by atoms with E-state index in [0.29, 0.717) is 10.8 Å². The summed E-state index contributed by atoms with van der Waals surface area (Å²) < 4.78 is 0. The number of thiol groups is 1. The molecule has 2 heterocycles. The summed E-state index contributed by atoms with van der Waals surface area (Å²) >= 11 is 3.99. The van der Waals surface area contributed by atoms with Gasteiger partial charge in [0.25, 0.3) is 0 Å². The summed E-state index contributed by atoms with van der Waals surface area (Å²) in [5.74, 6) is 0.841. The Morgan fingerprint density at radius 1 is 1.45 bits per heavy atom. The van der Waals surface area contributed by atoms with Crippen molar-refractivity contribution in [3.8, 4) is 0 Å². The van der Waals surface area contributed by atoms with Crippen molar-refractivity contribution in [2.45, 2.75) is 12.1 Å². The van der Waals surface area contributed by atoms with E-state index in [9.17, 15) is 0 Å². The maximum atomic E-state index is 4.12. The maximum absolute atomic E-state index is 4.12. The van der Waals surface area contributed by atoms with Gasteiger partial charge in [-0.05, 0) is 6.92 Å². The first-order valence-electron chi connectivity index (χ1n) is 3.14. The van der Waals surface area contributed by atoms with Crippen molar-refractivity contribution in [3.05, 3.63) is 12.0 Å². The molecule has 0 amide bonds. The molecule has 0 aromatic carbocycles. The van der Waals surface area contributed by atoms with Gasteiger partial charge in [0.05, 0.1) is 6.20 Å². The van der Waals surface area contributed by atoms with Gasteiger partial charge < -0.3 is 4.98 Å². The van der Waals surface area contributed by atoms with Crippen LogP contribution in [0, 0.1) is 6.92 Å². The van der Waals surface area contributed by atoms with Gasteiger partial charge in [0.15, 0.2) is 10.8 Å². The van der Waals surface area contributed by atoms with Crippen LogP contribution in [0.5, 0.6) is 0 Å². The highest BCUT2D eigenvalue weighted by Crippen LogP contribution is 2.07. The largest absolute Gasteiger partial charge is 0.340 e. The van der Waals surface area contributed by atoms with E-state index in [1.807, 2.05) is 6.92 Å². The number of rotatable bonds is 0. The molecule has 56 valence electrons. The van der Waals surface area contributed by atoms with Crippen molar-refractivity contribution >= 4 is 23.8 Å². The minimum atomic E-state index is 0.448. The summed E-state index contributed by atoms with van der Waals surface area (Å²) in [6.07, 6.45) is 1.67. The minimum Gasteiger partial charge on any atom is -0.340 e. The summed E-state index contributed by atoms with van der Waals surface area (Å²) in [7, 11) is 0. The van der Waals surface area contributed by atoms with Gasteiger partial charge in [0, 0.05) is 0 Å². The second kappa shape index (κ2) is 2.20. The Balaban J connectivity index is 2.82. The Morgan fingerprint density at radius 2 is 2.27 bits per heavy atom. The molecule has 0 aliphatic rings. The molecule has 0 saturated heterocycles. The number of aromatic amines is 1. The quantitative estimate of drug-likeness (QED) is 0.452. The van der Waals surface area contributed by atoms with Gasteiger partial charge in [-0.25, -0.2) is 15.0 Å². The van der Waals surface area contributed by atoms with Gasteiger partial charge in [-0.1, -0.05) is 0 Å². The molecule has 4 nitrogen and oxygen atoms in total. The van der Waals surface area contributed by atoms with Crippen molar-refractivity contribution in [1.29, 1.82) is 0 Å². The van der Waals surface area contributed by atoms with Gasteiger partial charge in [-0.3, -0.25) is 0 Å². The molecule has 0 aliphatic carbocycles. The van der Waals surface area contributed by atoms with Crippen LogP contribution in [0.25, 0.3) is 11.2 Å². The number of nitrogens with zero attached hydrogens (tertiary/aromatic N) is 3. The van der Waals surface area contributed by atoms with Crippen LogP contribution < -0.4 is 0 Å². The monoisotopic (exact) mass is 166 g/mol. The molecule has 11 heavy (non-hydrogen) atoms. The Kier molecular flexibility index (Phi) is 1.32. The van der Waals surface area contributed by atoms with Gasteiger partial charge in [-0.15, -0.1) is 12.6 Å². The van der Waals surface area contributed by atoms with Gasteiger partial charge in [0.1, 0.15) is 11.3 Å². The molecule has 0 fully saturated rings. The number of aromatic nitrogens is 4. The smallest absolute Gasteiger partial charge is 0.186 e. The molecule has 0 atom stereocenters. The van der Waals surface area contributed by atoms with E-state index >= 15 is 0 Å². The summed E-state index contributed by atoms with van der Waals surface area (Å²) in [5, 5.41) is 0.448. The number of fused-ring (bicyclic) bond motifs is 1. The molecule has 0 bridgehead atoms. The van der Waals surface area contributed by atoms with E-state index in [-0.39, 0.29) is 0 Å². The Labute approximate surface area is 68.5 Å². The normalized spacial score (nSPS) is 10.7. The van der Waals surface area contributed by atoms with E-state index < -0.39 is 0 Å². The van der Waals surface area contributed by atoms with Crippen LogP contribution in [0.15, 0.2) is 11.4 Å². The lowest BCUT2D eigenvalue weighted by atomic mass is 10.6. The number of hydrogen-bond donors (Lipinski definition) is 2. The summed E-state index contributed by atoms with van der Waals surface area (Å²) in [6, 6.07) is 0. The fourth-order valence-corrected chi connectivity index (χ4v) is 1.07. The Bertz CT molecular complexity index is 394. The average Bonchev–Trinajstić information content (AvgIpc) is 2.27. The van der Waals surface area contributed by atoms with Crippen LogP contribution >= 0.6 is 12.6 Å². The van der Waals surface area contributed by atoms with E-state index in [1.165, 1.54) is 0 Å². The SMILES string of the molecule is Cc1nc2nc(S)ncc2[nH]1. The molecule has 0 saturated carbocycles. The fourth-order valence-electron chi connectivity index (χ4n) is 0.919. The number of H-pyrrole nitrogens is 1. The topological polar surface area (TPSA) is 54.5 Å². The van der Waals surface area contributed by atoms with Crippen molar-refractivity contribution in [2.24, 2.45) is 0 Å². The molecular weight excluding hydrogens is 160 g/mol. The molecule has 0 aliphatic heterocycles. The number of hydrogen-bond acceptors (Lipinski definition) is 4. The van der Waals surface area contributed by atoms with Crippen molar-refractivity contribution in [1.82, 2.24) is 19.9 Å². The minimum absolute atomic E-state index is 0.448. The highest BCUT2D eigenvalue weighted by Gasteiger charge is 1.99. The first-order valence-corrected chi connectivity index (χ1v) is 3.59. The highest BCUT2D eigenvalue weighted by atomic mass is 32.1. The molecule has 2 rings (SSSR count). The van der Waals surface area contributed by atoms with Crippen LogP contribution in [-0.2, 0) is 0 Å². The lowest BCUT2D eigenvalue weighted by molar-refractivity contribution is 1.00.